The average Bonchev–Trinajstić information content (AvgIpc) is 2.43. The van der Waals surface area contributed by atoms with Crippen LogP contribution in [-0.4, -0.2) is 37.5 Å². The molecule has 0 saturated heterocycles. The van der Waals surface area contributed by atoms with Gasteiger partial charge in [-0.05, 0) is 50.6 Å². The SMILES string of the molecule is CCc1cccc(NC(N)=NCC(CC(C)C)N(C)C)c1.I. The quantitative estimate of drug-likeness (QED) is 0.405. The highest BCUT2D eigenvalue weighted by atomic mass is 127. The van der Waals surface area contributed by atoms with Crippen molar-refractivity contribution in [2.24, 2.45) is 16.6 Å². The molecule has 22 heavy (non-hydrogen) atoms. The molecule has 1 unspecified atom stereocenters. The largest absolute Gasteiger partial charge is 0.370 e. The summed E-state index contributed by atoms with van der Waals surface area (Å²) < 4.78 is 0. The Labute approximate surface area is 152 Å². The molecule has 0 aromatic heterocycles. The molecule has 1 aromatic carbocycles. The van der Waals surface area contributed by atoms with Crippen LogP contribution in [0.25, 0.3) is 0 Å². The summed E-state index contributed by atoms with van der Waals surface area (Å²) in [5, 5.41) is 3.17. The first-order valence-electron chi connectivity index (χ1n) is 7.74. The van der Waals surface area contributed by atoms with Crippen molar-refractivity contribution in [3.05, 3.63) is 29.8 Å². The van der Waals surface area contributed by atoms with Gasteiger partial charge in [-0.15, -0.1) is 24.0 Å². The average molecular weight is 418 g/mol. The molecule has 0 heterocycles. The van der Waals surface area contributed by atoms with Crippen LogP contribution in [0, 0.1) is 5.92 Å². The Kier molecular flexibility index (Phi) is 10.4. The predicted molar refractivity (Wildman–Crippen MR) is 108 cm³/mol. The maximum absolute atomic E-state index is 6.00. The summed E-state index contributed by atoms with van der Waals surface area (Å²) in [7, 11) is 4.19. The van der Waals surface area contributed by atoms with E-state index >= 15 is 0 Å². The number of benzene rings is 1. The third kappa shape index (κ3) is 7.98. The van der Waals surface area contributed by atoms with Gasteiger partial charge in [-0.1, -0.05) is 32.9 Å². The van der Waals surface area contributed by atoms with Crippen LogP contribution in [0.15, 0.2) is 29.3 Å². The molecule has 3 N–H and O–H groups in total. The second kappa shape index (κ2) is 10.8. The third-order valence-electron chi connectivity index (χ3n) is 3.55. The highest BCUT2D eigenvalue weighted by Gasteiger charge is 2.12. The number of hydrogen-bond donors (Lipinski definition) is 2. The molecule has 1 rings (SSSR count). The lowest BCUT2D eigenvalue weighted by molar-refractivity contribution is 0.261. The van der Waals surface area contributed by atoms with E-state index < -0.39 is 0 Å². The van der Waals surface area contributed by atoms with Gasteiger partial charge in [0.1, 0.15) is 0 Å². The van der Waals surface area contributed by atoms with E-state index in [-0.39, 0.29) is 24.0 Å². The minimum absolute atomic E-state index is 0. The van der Waals surface area contributed by atoms with Crippen molar-refractivity contribution < 1.29 is 0 Å². The van der Waals surface area contributed by atoms with Gasteiger partial charge in [0.25, 0.3) is 0 Å². The lowest BCUT2D eigenvalue weighted by Gasteiger charge is -2.24. The van der Waals surface area contributed by atoms with Crippen molar-refractivity contribution in [1.82, 2.24) is 4.90 Å². The van der Waals surface area contributed by atoms with Gasteiger partial charge < -0.3 is 16.0 Å². The number of nitrogens with one attached hydrogen (secondary N) is 1. The lowest BCUT2D eigenvalue weighted by Crippen LogP contribution is -2.34. The molecule has 5 heteroatoms. The van der Waals surface area contributed by atoms with Crippen LogP contribution in [-0.2, 0) is 6.42 Å². The maximum Gasteiger partial charge on any atom is 0.193 e. The molecule has 1 atom stereocenters. The van der Waals surface area contributed by atoms with E-state index in [9.17, 15) is 0 Å². The van der Waals surface area contributed by atoms with E-state index in [0.29, 0.717) is 17.9 Å². The van der Waals surface area contributed by atoms with Crippen molar-refractivity contribution >= 4 is 35.6 Å². The highest BCUT2D eigenvalue weighted by Crippen LogP contribution is 2.11. The Morgan fingerprint density at radius 1 is 1.32 bits per heavy atom. The molecule has 0 amide bonds. The Morgan fingerprint density at radius 2 is 2.00 bits per heavy atom. The summed E-state index contributed by atoms with van der Waals surface area (Å²) in [6.07, 6.45) is 2.14. The summed E-state index contributed by atoms with van der Waals surface area (Å²) in [5.41, 5.74) is 8.29. The number of likely N-dealkylation sites (N-methyl/N-ethyl adjacent to an activating group) is 1. The molecule has 0 bridgehead atoms. The normalized spacial score (nSPS) is 13.1. The zero-order chi connectivity index (χ0) is 15.8. The maximum atomic E-state index is 6.00. The van der Waals surface area contributed by atoms with Gasteiger partial charge >= 0.3 is 0 Å². The molecule has 0 radical (unpaired) electrons. The van der Waals surface area contributed by atoms with Crippen molar-refractivity contribution in [1.29, 1.82) is 0 Å². The number of nitrogens with two attached hydrogens (primary N) is 1. The Morgan fingerprint density at radius 3 is 2.55 bits per heavy atom. The summed E-state index contributed by atoms with van der Waals surface area (Å²) in [4.78, 5) is 6.71. The molecule has 0 spiro atoms. The molecular weight excluding hydrogens is 387 g/mol. The number of nitrogens with zero attached hydrogens (tertiary/aromatic N) is 2. The Hall–Kier alpha value is -0.820. The van der Waals surface area contributed by atoms with E-state index in [1.807, 2.05) is 12.1 Å². The van der Waals surface area contributed by atoms with Crippen LogP contribution in [0.4, 0.5) is 5.69 Å². The van der Waals surface area contributed by atoms with E-state index in [4.69, 9.17) is 5.73 Å². The lowest BCUT2D eigenvalue weighted by atomic mass is 10.0. The van der Waals surface area contributed by atoms with Gasteiger partial charge in [0.15, 0.2) is 5.96 Å². The number of aryl methyl sites for hydroxylation is 1. The van der Waals surface area contributed by atoms with Gasteiger partial charge in [-0.2, -0.15) is 0 Å². The zero-order valence-electron chi connectivity index (χ0n) is 14.5. The Bertz CT molecular complexity index is 458. The van der Waals surface area contributed by atoms with E-state index in [0.717, 1.165) is 25.1 Å². The van der Waals surface area contributed by atoms with E-state index in [1.54, 1.807) is 0 Å². The Balaban J connectivity index is 0.00000441. The third-order valence-corrected chi connectivity index (χ3v) is 3.55. The summed E-state index contributed by atoms with van der Waals surface area (Å²) in [6, 6.07) is 8.70. The monoisotopic (exact) mass is 418 g/mol. The predicted octanol–water partition coefficient (Wildman–Crippen LogP) is 3.57. The van der Waals surface area contributed by atoms with Crippen LogP contribution in [0.5, 0.6) is 0 Å². The van der Waals surface area contributed by atoms with E-state index in [1.165, 1.54) is 5.56 Å². The molecule has 0 aliphatic heterocycles. The number of aliphatic imine (C=N–C) groups is 1. The molecular formula is C17H31IN4. The molecule has 0 fully saturated rings. The summed E-state index contributed by atoms with van der Waals surface area (Å²) in [6.45, 7) is 7.33. The van der Waals surface area contributed by atoms with Gasteiger partial charge in [0.05, 0.1) is 6.54 Å². The number of halogens is 1. The first kappa shape index (κ1) is 21.2. The van der Waals surface area contributed by atoms with Crippen molar-refractivity contribution in [2.75, 3.05) is 26.0 Å². The number of hydrogen-bond acceptors (Lipinski definition) is 2. The standard InChI is InChI=1S/C17H30N4.HI/c1-6-14-8-7-9-15(11-14)20-17(18)19-12-16(21(4)5)10-13(2)3;/h7-9,11,13,16H,6,10,12H2,1-5H3,(H3,18,19,20);1H. The van der Waals surface area contributed by atoms with Gasteiger partial charge in [0.2, 0.25) is 0 Å². The van der Waals surface area contributed by atoms with Crippen LogP contribution < -0.4 is 11.1 Å². The highest BCUT2D eigenvalue weighted by molar-refractivity contribution is 14.0. The van der Waals surface area contributed by atoms with Crippen molar-refractivity contribution in [2.45, 2.75) is 39.7 Å². The molecule has 0 aliphatic carbocycles. The minimum atomic E-state index is 0. The fourth-order valence-corrected chi connectivity index (χ4v) is 2.25. The van der Waals surface area contributed by atoms with Crippen LogP contribution in [0.3, 0.4) is 0 Å². The fraction of sp³-hybridized carbons (Fsp3) is 0.588. The summed E-state index contributed by atoms with van der Waals surface area (Å²) >= 11 is 0. The minimum Gasteiger partial charge on any atom is -0.370 e. The molecule has 1 aromatic rings. The topological polar surface area (TPSA) is 53.6 Å². The fourth-order valence-electron chi connectivity index (χ4n) is 2.25. The number of anilines is 1. The van der Waals surface area contributed by atoms with Crippen molar-refractivity contribution in [3.63, 3.8) is 0 Å². The first-order chi connectivity index (χ1) is 9.92. The van der Waals surface area contributed by atoms with Crippen LogP contribution in [0.1, 0.15) is 32.8 Å². The number of rotatable bonds is 7. The summed E-state index contributed by atoms with van der Waals surface area (Å²) in [5.74, 6) is 1.14. The van der Waals surface area contributed by atoms with Crippen molar-refractivity contribution in [3.8, 4) is 0 Å². The van der Waals surface area contributed by atoms with Crippen LogP contribution in [0.2, 0.25) is 0 Å². The molecule has 4 nitrogen and oxygen atoms in total. The molecule has 0 aliphatic rings. The van der Waals surface area contributed by atoms with E-state index in [2.05, 4.69) is 62.2 Å². The first-order valence-corrected chi connectivity index (χ1v) is 7.74. The van der Waals surface area contributed by atoms with Gasteiger partial charge in [-0.3, -0.25) is 4.99 Å². The second-order valence-electron chi connectivity index (χ2n) is 6.15. The molecule has 126 valence electrons. The number of guanidine groups is 1. The smallest absolute Gasteiger partial charge is 0.193 e. The van der Waals surface area contributed by atoms with Gasteiger partial charge in [0, 0.05) is 11.7 Å². The zero-order valence-corrected chi connectivity index (χ0v) is 16.8. The second-order valence-corrected chi connectivity index (χ2v) is 6.15. The van der Waals surface area contributed by atoms with Gasteiger partial charge in [-0.25, -0.2) is 0 Å². The van der Waals surface area contributed by atoms with Crippen LogP contribution >= 0.6 is 24.0 Å². The molecule has 0 saturated carbocycles.